The van der Waals surface area contributed by atoms with Gasteiger partial charge in [0, 0.05) is 4.57 Å². The third-order valence-electron chi connectivity index (χ3n) is 3.51. The summed E-state index contributed by atoms with van der Waals surface area (Å²) in [5, 5.41) is 0. The molecule has 2 rings (SSSR count). The van der Waals surface area contributed by atoms with E-state index in [1.807, 2.05) is 74.5 Å². The van der Waals surface area contributed by atoms with Gasteiger partial charge in [-0.25, -0.2) is 0 Å². The van der Waals surface area contributed by atoms with Crippen LogP contribution in [-0.4, -0.2) is 0 Å². The van der Waals surface area contributed by atoms with Gasteiger partial charge in [0.05, 0.1) is 0 Å². The van der Waals surface area contributed by atoms with Gasteiger partial charge in [0.15, 0.2) is 0 Å². The maximum Gasteiger partial charge on any atom is 0.698 e. The highest BCUT2D eigenvalue weighted by Gasteiger charge is 2.31. The fourth-order valence-electron chi connectivity index (χ4n) is 2.31. The van der Waals surface area contributed by atoms with Gasteiger partial charge in [0.1, 0.15) is 12.2 Å². The van der Waals surface area contributed by atoms with Crippen molar-refractivity contribution in [2.24, 2.45) is 0 Å². The second-order valence-electron chi connectivity index (χ2n) is 5.05. The molecule has 0 saturated carbocycles. The normalized spacial score (nSPS) is 13.5. The summed E-state index contributed by atoms with van der Waals surface area (Å²) < 4.78 is 23.5. The minimum Gasteiger partial charge on any atom is -0.111 e. The monoisotopic (exact) mass is 317 g/mol. The summed E-state index contributed by atoms with van der Waals surface area (Å²) in [4.78, 5) is 0. The van der Waals surface area contributed by atoms with Crippen molar-refractivity contribution in [2.45, 2.75) is 38.9 Å². The summed E-state index contributed by atoms with van der Waals surface area (Å²) in [7, 11) is -2.17. The van der Waals surface area contributed by atoms with E-state index in [9.17, 15) is 4.57 Å². The quantitative estimate of drug-likeness (QED) is 0.562. The van der Waals surface area contributed by atoms with Crippen molar-refractivity contribution in [1.29, 1.82) is 0 Å². The molecule has 2 atom stereocenters. The van der Waals surface area contributed by atoms with Crippen LogP contribution in [0.25, 0.3) is 0 Å². The number of rotatable bonds is 8. The predicted octanol–water partition coefficient (Wildman–Crippen LogP) is 5.98. The van der Waals surface area contributed by atoms with Crippen molar-refractivity contribution in [1.82, 2.24) is 0 Å². The molecule has 0 saturated heterocycles. The molecule has 0 radical (unpaired) electrons. The second-order valence-corrected chi connectivity index (χ2v) is 5.92. The maximum atomic E-state index is 12.2. The highest BCUT2D eigenvalue weighted by molar-refractivity contribution is 7.33. The highest BCUT2D eigenvalue weighted by Crippen LogP contribution is 2.40. The van der Waals surface area contributed by atoms with Crippen LogP contribution in [0.4, 0.5) is 0 Å². The van der Waals surface area contributed by atoms with Crippen LogP contribution in [0.5, 0.6) is 0 Å². The zero-order valence-electron chi connectivity index (χ0n) is 13.0. The van der Waals surface area contributed by atoms with E-state index in [1.54, 1.807) is 0 Å². The van der Waals surface area contributed by atoms with E-state index >= 15 is 0 Å². The lowest BCUT2D eigenvalue weighted by atomic mass is 10.1. The molecule has 4 heteroatoms. The number of hydrogen-bond acceptors (Lipinski definition) is 3. The van der Waals surface area contributed by atoms with E-state index in [4.69, 9.17) is 9.05 Å². The van der Waals surface area contributed by atoms with Gasteiger partial charge in [-0.05, 0) is 24.0 Å². The van der Waals surface area contributed by atoms with Crippen molar-refractivity contribution < 1.29 is 13.6 Å². The van der Waals surface area contributed by atoms with E-state index < -0.39 is 8.25 Å². The van der Waals surface area contributed by atoms with Crippen LogP contribution in [0.15, 0.2) is 60.7 Å². The maximum absolute atomic E-state index is 12.2. The van der Waals surface area contributed by atoms with E-state index in [2.05, 4.69) is 0 Å². The zero-order valence-corrected chi connectivity index (χ0v) is 13.9. The van der Waals surface area contributed by atoms with E-state index in [0.717, 1.165) is 24.0 Å². The molecular weight excluding hydrogens is 295 g/mol. The Kier molecular flexibility index (Phi) is 6.73. The first kappa shape index (κ1) is 16.8. The summed E-state index contributed by atoms with van der Waals surface area (Å²) in [6, 6.07) is 19.6. The van der Waals surface area contributed by atoms with Gasteiger partial charge in [0.25, 0.3) is 0 Å². The first-order chi connectivity index (χ1) is 10.7. The molecule has 2 aromatic rings. The van der Waals surface area contributed by atoms with Crippen molar-refractivity contribution in [3.63, 3.8) is 0 Å². The van der Waals surface area contributed by atoms with Crippen molar-refractivity contribution in [3.8, 4) is 0 Å². The van der Waals surface area contributed by atoms with E-state index in [0.29, 0.717) is 0 Å². The Morgan fingerprint density at radius 2 is 1.14 bits per heavy atom. The lowest BCUT2D eigenvalue weighted by Gasteiger charge is -2.11. The minimum absolute atomic E-state index is 0.210. The van der Waals surface area contributed by atoms with Crippen LogP contribution in [-0.2, 0) is 13.6 Å². The number of benzene rings is 2. The van der Waals surface area contributed by atoms with E-state index in [-0.39, 0.29) is 12.2 Å². The Hall–Kier alpha value is -1.54. The van der Waals surface area contributed by atoms with Crippen LogP contribution in [0.3, 0.4) is 0 Å². The Morgan fingerprint density at radius 1 is 0.773 bits per heavy atom. The van der Waals surface area contributed by atoms with E-state index in [1.165, 1.54) is 0 Å². The largest absolute Gasteiger partial charge is 0.698 e. The van der Waals surface area contributed by atoms with Crippen molar-refractivity contribution in [2.75, 3.05) is 0 Å². The summed E-state index contributed by atoms with van der Waals surface area (Å²) in [6.07, 6.45) is 1.07. The lowest BCUT2D eigenvalue weighted by Crippen LogP contribution is -2.02. The SMILES string of the molecule is CC[C@H](O[P+](=O)O[C@@H](CC)c1ccccc1)c1ccccc1. The third-order valence-corrected chi connectivity index (χ3v) is 4.36. The average molecular weight is 317 g/mol. The standard InChI is InChI=1S/C18H22O3P/c1-3-17(15-11-7-5-8-12-15)20-22(19)21-18(4-2)16-13-9-6-10-14-16/h5-14,17-18H,3-4H2,1-2H3/q+1/t17-,18-/m0/s1. The van der Waals surface area contributed by atoms with Crippen molar-refractivity contribution in [3.05, 3.63) is 71.8 Å². The Labute approximate surface area is 133 Å². The summed E-state index contributed by atoms with van der Waals surface area (Å²) >= 11 is 0. The Balaban J connectivity index is 1.99. The fourth-order valence-corrected chi connectivity index (χ4v) is 3.32. The first-order valence-electron chi connectivity index (χ1n) is 7.65. The molecule has 0 amide bonds. The molecule has 3 nitrogen and oxygen atoms in total. The minimum atomic E-state index is -2.17. The van der Waals surface area contributed by atoms with Crippen LogP contribution < -0.4 is 0 Å². The fraction of sp³-hybridized carbons (Fsp3) is 0.333. The lowest BCUT2D eigenvalue weighted by molar-refractivity contribution is 0.125. The summed E-state index contributed by atoms with van der Waals surface area (Å²) in [6.45, 7) is 4.02. The van der Waals surface area contributed by atoms with Crippen LogP contribution >= 0.6 is 8.25 Å². The van der Waals surface area contributed by atoms with Gasteiger partial charge >= 0.3 is 8.25 Å². The molecule has 0 N–H and O–H groups in total. The van der Waals surface area contributed by atoms with Crippen LogP contribution in [0, 0.1) is 0 Å². The molecule has 22 heavy (non-hydrogen) atoms. The molecule has 0 unspecified atom stereocenters. The molecular formula is C18H22O3P+. The van der Waals surface area contributed by atoms with Crippen LogP contribution in [0.1, 0.15) is 50.0 Å². The zero-order chi connectivity index (χ0) is 15.8. The second kappa shape index (κ2) is 8.79. The molecule has 0 aliphatic rings. The predicted molar refractivity (Wildman–Crippen MR) is 88.7 cm³/mol. The average Bonchev–Trinajstić information content (AvgIpc) is 2.59. The Bertz CT molecular complexity index is 520. The summed E-state index contributed by atoms with van der Waals surface area (Å²) in [5.41, 5.74) is 2.04. The molecule has 0 aromatic heterocycles. The highest BCUT2D eigenvalue weighted by atomic mass is 31.1. The Morgan fingerprint density at radius 3 is 1.45 bits per heavy atom. The molecule has 116 valence electrons. The van der Waals surface area contributed by atoms with Gasteiger partial charge in [-0.3, -0.25) is 0 Å². The third kappa shape index (κ3) is 4.74. The summed E-state index contributed by atoms with van der Waals surface area (Å²) in [5.74, 6) is 0. The smallest absolute Gasteiger partial charge is 0.111 e. The topological polar surface area (TPSA) is 35.5 Å². The van der Waals surface area contributed by atoms with Gasteiger partial charge in [-0.2, -0.15) is 0 Å². The molecule has 0 fully saturated rings. The molecule has 0 bridgehead atoms. The molecule has 2 aromatic carbocycles. The number of hydrogen-bond donors (Lipinski definition) is 0. The van der Waals surface area contributed by atoms with Crippen LogP contribution in [0.2, 0.25) is 0 Å². The first-order valence-corrected chi connectivity index (χ1v) is 8.74. The van der Waals surface area contributed by atoms with Gasteiger partial charge in [0.2, 0.25) is 0 Å². The molecule has 0 heterocycles. The van der Waals surface area contributed by atoms with Gasteiger partial charge in [-0.1, -0.05) is 74.5 Å². The van der Waals surface area contributed by atoms with Gasteiger partial charge < -0.3 is 0 Å². The van der Waals surface area contributed by atoms with Crippen molar-refractivity contribution >= 4 is 8.25 Å². The molecule has 0 spiro atoms. The molecule has 0 aliphatic carbocycles. The van der Waals surface area contributed by atoms with Gasteiger partial charge in [-0.15, -0.1) is 9.05 Å². The molecule has 0 aliphatic heterocycles.